The van der Waals surface area contributed by atoms with Crippen LogP contribution in [0, 0.1) is 11.3 Å². The summed E-state index contributed by atoms with van der Waals surface area (Å²) in [6.07, 6.45) is 5.91. The summed E-state index contributed by atoms with van der Waals surface area (Å²) in [5.41, 5.74) is 0.778. The molecule has 0 aromatic rings. The van der Waals surface area contributed by atoms with Crippen LogP contribution in [0.25, 0.3) is 0 Å². The Balaban J connectivity index is 0.000000336. The molecule has 0 aromatic carbocycles. The van der Waals surface area contributed by atoms with Gasteiger partial charge in [0, 0.05) is 13.1 Å². The fourth-order valence-electron chi connectivity index (χ4n) is 2.47. The molecule has 2 aliphatic rings. The number of nitrogens with one attached hydrogen (secondary N) is 1. The fourth-order valence-corrected chi connectivity index (χ4v) is 2.47. The fraction of sp³-hybridized carbons (Fsp3) is 1.00. The predicted molar refractivity (Wildman–Crippen MR) is 54.3 cm³/mol. The molecule has 1 heteroatoms. The minimum absolute atomic E-state index is 0.778. The first-order valence-electron chi connectivity index (χ1n) is 5.55. The zero-order valence-electron chi connectivity index (χ0n) is 8.82. The molecule has 0 bridgehead atoms. The maximum atomic E-state index is 3.39. The highest BCUT2D eigenvalue weighted by Gasteiger charge is 2.42. The minimum Gasteiger partial charge on any atom is -0.316 e. The van der Waals surface area contributed by atoms with Gasteiger partial charge in [-0.05, 0) is 30.6 Å². The molecule has 12 heavy (non-hydrogen) atoms. The maximum Gasteiger partial charge on any atom is 0.00203 e. The van der Waals surface area contributed by atoms with Crippen molar-refractivity contribution in [2.45, 2.75) is 46.5 Å². The highest BCUT2D eigenvalue weighted by Crippen LogP contribution is 2.45. The van der Waals surface area contributed by atoms with Crippen LogP contribution in [0.15, 0.2) is 0 Å². The summed E-state index contributed by atoms with van der Waals surface area (Å²) >= 11 is 0. The van der Waals surface area contributed by atoms with E-state index in [0.29, 0.717) is 0 Å². The molecule has 0 radical (unpaired) electrons. The van der Waals surface area contributed by atoms with Gasteiger partial charge in [0.2, 0.25) is 0 Å². The average molecular weight is 169 g/mol. The normalized spacial score (nSPS) is 30.8. The van der Waals surface area contributed by atoms with E-state index in [1.54, 1.807) is 0 Å². The Hall–Kier alpha value is -0.0400. The summed E-state index contributed by atoms with van der Waals surface area (Å²) in [5, 5.41) is 3.39. The Morgan fingerprint density at radius 3 is 2.25 bits per heavy atom. The topological polar surface area (TPSA) is 12.0 Å². The van der Waals surface area contributed by atoms with Crippen molar-refractivity contribution in [3.8, 4) is 0 Å². The molecule has 1 aliphatic heterocycles. The second-order valence-electron chi connectivity index (χ2n) is 4.12. The summed E-state index contributed by atoms with van der Waals surface area (Å²) in [6, 6.07) is 0. The first-order valence-corrected chi connectivity index (χ1v) is 5.55. The highest BCUT2D eigenvalue weighted by atomic mass is 15.0. The van der Waals surface area contributed by atoms with Crippen LogP contribution >= 0.6 is 0 Å². The predicted octanol–water partition coefficient (Wildman–Crippen LogP) is 2.81. The van der Waals surface area contributed by atoms with Crippen LogP contribution in [0.5, 0.6) is 0 Å². The van der Waals surface area contributed by atoms with Gasteiger partial charge in [0.05, 0.1) is 0 Å². The van der Waals surface area contributed by atoms with Gasteiger partial charge in [0.25, 0.3) is 0 Å². The van der Waals surface area contributed by atoms with Gasteiger partial charge in [0.15, 0.2) is 0 Å². The van der Waals surface area contributed by atoms with E-state index in [0.717, 1.165) is 11.3 Å². The molecule has 1 atom stereocenters. The molecule has 0 aromatic heterocycles. The molecule has 72 valence electrons. The Morgan fingerprint density at radius 1 is 1.33 bits per heavy atom. The maximum absolute atomic E-state index is 3.39. The van der Waals surface area contributed by atoms with E-state index >= 15 is 0 Å². The van der Waals surface area contributed by atoms with Gasteiger partial charge in [-0.2, -0.15) is 0 Å². The van der Waals surface area contributed by atoms with Crippen LogP contribution in [0.3, 0.4) is 0 Å². The number of hydrogen-bond acceptors (Lipinski definition) is 1. The molecule has 1 heterocycles. The zero-order valence-corrected chi connectivity index (χ0v) is 8.82. The van der Waals surface area contributed by atoms with Gasteiger partial charge in [-0.1, -0.05) is 27.2 Å². The van der Waals surface area contributed by atoms with Crippen molar-refractivity contribution >= 4 is 0 Å². The molecule has 1 aliphatic carbocycles. The number of hydrogen-bond donors (Lipinski definition) is 1. The van der Waals surface area contributed by atoms with Gasteiger partial charge >= 0.3 is 0 Å². The molecule has 2 rings (SSSR count). The lowest BCUT2D eigenvalue weighted by Crippen LogP contribution is -2.51. The lowest BCUT2D eigenvalue weighted by molar-refractivity contribution is 0.169. The molecular weight excluding hydrogens is 146 g/mol. The lowest BCUT2D eigenvalue weighted by atomic mass is 9.79. The smallest absolute Gasteiger partial charge is 0.00203 e. The second kappa shape index (κ2) is 4.27. The zero-order chi connectivity index (χ0) is 9.03. The van der Waals surface area contributed by atoms with E-state index in [4.69, 9.17) is 0 Å². The van der Waals surface area contributed by atoms with Crippen LogP contribution in [0.2, 0.25) is 0 Å². The van der Waals surface area contributed by atoms with Crippen molar-refractivity contribution < 1.29 is 0 Å². The number of rotatable bonds is 1. The average Bonchev–Trinajstić information content (AvgIpc) is 2.51. The minimum atomic E-state index is 0.778. The Morgan fingerprint density at radius 2 is 2.00 bits per heavy atom. The third-order valence-electron chi connectivity index (χ3n) is 3.38. The van der Waals surface area contributed by atoms with Crippen molar-refractivity contribution in [3.63, 3.8) is 0 Å². The molecule has 0 amide bonds. The van der Waals surface area contributed by atoms with Gasteiger partial charge in [-0.15, -0.1) is 0 Å². The molecule has 1 nitrogen and oxygen atoms in total. The summed E-state index contributed by atoms with van der Waals surface area (Å²) < 4.78 is 0. The van der Waals surface area contributed by atoms with Crippen molar-refractivity contribution in [2.75, 3.05) is 13.1 Å². The van der Waals surface area contributed by atoms with E-state index < -0.39 is 0 Å². The Labute approximate surface area is 76.9 Å². The van der Waals surface area contributed by atoms with E-state index in [-0.39, 0.29) is 0 Å². The molecular formula is C11H23N. The molecule has 1 saturated heterocycles. The Kier molecular flexibility index (Phi) is 3.57. The lowest BCUT2D eigenvalue weighted by Gasteiger charge is -2.39. The summed E-state index contributed by atoms with van der Waals surface area (Å²) in [5.74, 6) is 1.06. The van der Waals surface area contributed by atoms with E-state index in [1.807, 2.05) is 13.8 Å². The standard InChI is InChI=1S/C9H17N.C2H6/c1-2-8-3-4-9(5-8)6-10-7-9;1-2/h8,10H,2-7H2,1H3;1-2H3. The molecule has 1 spiro atoms. The quantitative estimate of drug-likeness (QED) is 0.636. The van der Waals surface area contributed by atoms with Crippen molar-refractivity contribution in [1.29, 1.82) is 0 Å². The van der Waals surface area contributed by atoms with Gasteiger partial charge < -0.3 is 5.32 Å². The van der Waals surface area contributed by atoms with Gasteiger partial charge in [0.1, 0.15) is 0 Å². The third kappa shape index (κ3) is 1.82. The molecule has 1 unspecified atom stereocenters. The third-order valence-corrected chi connectivity index (χ3v) is 3.38. The van der Waals surface area contributed by atoms with Gasteiger partial charge in [-0.25, -0.2) is 0 Å². The van der Waals surface area contributed by atoms with Crippen LogP contribution in [0.1, 0.15) is 46.5 Å². The molecule has 1 saturated carbocycles. The molecule has 1 N–H and O–H groups in total. The van der Waals surface area contributed by atoms with Crippen LogP contribution in [-0.4, -0.2) is 13.1 Å². The first-order chi connectivity index (χ1) is 5.85. The van der Waals surface area contributed by atoms with E-state index in [2.05, 4.69) is 12.2 Å². The highest BCUT2D eigenvalue weighted by molar-refractivity contribution is 4.97. The summed E-state index contributed by atoms with van der Waals surface area (Å²) in [7, 11) is 0. The second-order valence-corrected chi connectivity index (χ2v) is 4.12. The van der Waals surface area contributed by atoms with E-state index in [9.17, 15) is 0 Å². The van der Waals surface area contributed by atoms with E-state index in [1.165, 1.54) is 38.8 Å². The summed E-state index contributed by atoms with van der Waals surface area (Å²) in [6.45, 7) is 8.95. The first kappa shape index (κ1) is 10.0. The van der Waals surface area contributed by atoms with Crippen LogP contribution in [-0.2, 0) is 0 Å². The van der Waals surface area contributed by atoms with Crippen molar-refractivity contribution in [2.24, 2.45) is 11.3 Å². The van der Waals surface area contributed by atoms with Crippen LogP contribution in [0.4, 0.5) is 0 Å². The van der Waals surface area contributed by atoms with Crippen molar-refractivity contribution in [3.05, 3.63) is 0 Å². The molecule has 2 fully saturated rings. The SMILES string of the molecule is CC.CCC1CCC2(CNC2)C1. The van der Waals surface area contributed by atoms with Crippen LogP contribution < -0.4 is 5.32 Å². The largest absolute Gasteiger partial charge is 0.316 e. The van der Waals surface area contributed by atoms with Crippen molar-refractivity contribution in [1.82, 2.24) is 5.32 Å². The monoisotopic (exact) mass is 169 g/mol. The summed E-state index contributed by atoms with van der Waals surface area (Å²) in [4.78, 5) is 0. The Bertz CT molecular complexity index is 127. The van der Waals surface area contributed by atoms with Gasteiger partial charge in [-0.3, -0.25) is 0 Å².